The third-order valence-electron chi connectivity index (χ3n) is 10.6. The van der Waals surface area contributed by atoms with Crippen LogP contribution in [0.4, 0.5) is 0 Å². The lowest BCUT2D eigenvalue weighted by Crippen LogP contribution is -2.02. The predicted octanol–water partition coefficient (Wildman–Crippen LogP) is 16.7. The SMILES string of the molecule is CC[C@@H](SS[C@H](CC)c1ccc(-c2ccccc2)c(-c2ccccc2)c1-c1ccccc1)c1ccc(-c2ccccc2)c(-c2ccccc2)c1-c1ccccc1. The normalized spacial score (nSPS) is 12.2. The van der Waals surface area contributed by atoms with Gasteiger partial charge in [0.25, 0.3) is 0 Å². The van der Waals surface area contributed by atoms with Crippen LogP contribution in [0.15, 0.2) is 206 Å². The monoisotopic (exact) mass is 758 g/mol. The van der Waals surface area contributed by atoms with Gasteiger partial charge in [-0.25, -0.2) is 0 Å². The lowest BCUT2D eigenvalue weighted by molar-refractivity contribution is 0.895. The zero-order valence-corrected chi connectivity index (χ0v) is 33.6. The summed E-state index contributed by atoms with van der Waals surface area (Å²) >= 11 is 0. The molecule has 0 saturated heterocycles. The Labute approximate surface area is 341 Å². The standard InChI is InChI=1S/C54H46S2/c1-3-49(47-37-35-45(39-23-11-5-12-24-39)51(41-27-15-7-16-28-41)53(47)43-31-19-9-20-32-43)55-56-50(4-2)48-38-36-46(40-25-13-6-14-26-40)52(42-29-17-8-18-30-42)54(48)44-33-21-10-22-34-44/h5-38,49-50H,3-4H2,1-2H3/t49-,50-/m1/s1. The van der Waals surface area contributed by atoms with Crippen LogP contribution in [0.25, 0.3) is 66.8 Å². The number of hydrogen-bond acceptors (Lipinski definition) is 2. The Morgan fingerprint density at radius 1 is 0.286 bits per heavy atom. The van der Waals surface area contributed by atoms with E-state index < -0.39 is 0 Å². The highest BCUT2D eigenvalue weighted by Crippen LogP contribution is 2.55. The molecule has 0 amide bonds. The van der Waals surface area contributed by atoms with Gasteiger partial charge in [-0.2, -0.15) is 0 Å². The minimum Gasteiger partial charge on any atom is -0.0853 e. The van der Waals surface area contributed by atoms with Gasteiger partial charge in [-0.3, -0.25) is 0 Å². The summed E-state index contributed by atoms with van der Waals surface area (Å²) in [6, 6.07) is 75.3. The van der Waals surface area contributed by atoms with Gasteiger partial charge in [0.05, 0.1) is 0 Å². The topological polar surface area (TPSA) is 0 Å². The van der Waals surface area contributed by atoms with Crippen LogP contribution in [0.5, 0.6) is 0 Å². The van der Waals surface area contributed by atoms with Gasteiger partial charge in [-0.05, 0) is 90.7 Å². The van der Waals surface area contributed by atoms with Crippen LogP contribution in [-0.4, -0.2) is 0 Å². The molecule has 2 heteroatoms. The fourth-order valence-electron chi connectivity index (χ4n) is 7.95. The highest BCUT2D eigenvalue weighted by molar-refractivity contribution is 8.76. The Morgan fingerprint density at radius 2 is 0.536 bits per heavy atom. The molecule has 8 rings (SSSR count). The van der Waals surface area contributed by atoms with Crippen LogP contribution in [0.1, 0.15) is 48.3 Å². The van der Waals surface area contributed by atoms with E-state index in [1.54, 1.807) is 0 Å². The molecular weight excluding hydrogens is 713 g/mol. The number of benzene rings is 8. The van der Waals surface area contributed by atoms with Crippen LogP contribution in [0, 0.1) is 0 Å². The minimum atomic E-state index is 0.272. The molecule has 0 aliphatic rings. The fraction of sp³-hybridized carbons (Fsp3) is 0.111. The molecule has 8 aromatic rings. The van der Waals surface area contributed by atoms with Crippen LogP contribution in [-0.2, 0) is 0 Å². The summed E-state index contributed by atoms with van der Waals surface area (Å²) in [5, 5.41) is 0.544. The lowest BCUT2D eigenvalue weighted by atomic mass is 9.83. The Hall–Kier alpha value is -5.54. The molecule has 2 atom stereocenters. The van der Waals surface area contributed by atoms with Crippen LogP contribution >= 0.6 is 21.6 Å². The van der Waals surface area contributed by atoms with Crippen LogP contribution in [0.3, 0.4) is 0 Å². The zero-order valence-electron chi connectivity index (χ0n) is 32.0. The van der Waals surface area contributed by atoms with E-state index in [1.165, 1.54) is 77.9 Å². The maximum atomic E-state index is 2.41. The summed E-state index contributed by atoms with van der Waals surface area (Å²) in [6.07, 6.45) is 2.03. The van der Waals surface area contributed by atoms with Gasteiger partial charge >= 0.3 is 0 Å². The second-order valence-electron chi connectivity index (χ2n) is 14.1. The Bertz CT molecular complexity index is 2280. The van der Waals surface area contributed by atoms with E-state index in [4.69, 9.17) is 0 Å². The molecular formula is C54H46S2. The quantitative estimate of drug-likeness (QED) is 0.107. The Kier molecular flexibility index (Phi) is 12.0. The molecule has 274 valence electrons. The van der Waals surface area contributed by atoms with Crippen LogP contribution in [0.2, 0.25) is 0 Å². The summed E-state index contributed by atoms with van der Waals surface area (Å²) in [5.74, 6) is 0. The van der Waals surface area contributed by atoms with E-state index in [1.807, 2.05) is 21.6 Å². The number of hydrogen-bond donors (Lipinski definition) is 0. The van der Waals surface area contributed by atoms with E-state index in [-0.39, 0.29) is 10.5 Å². The third kappa shape index (κ3) is 7.91. The zero-order chi connectivity index (χ0) is 38.1. The molecule has 0 nitrogen and oxygen atoms in total. The third-order valence-corrected chi connectivity index (χ3v) is 14.1. The van der Waals surface area contributed by atoms with Crippen molar-refractivity contribution in [1.29, 1.82) is 0 Å². The summed E-state index contributed by atoms with van der Waals surface area (Å²) in [6.45, 7) is 4.69. The highest BCUT2D eigenvalue weighted by Gasteiger charge is 2.27. The first-order valence-corrected chi connectivity index (χ1v) is 22.0. The fourth-order valence-corrected chi connectivity index (χ4v) is 11.3. The lowest BCUT2D eigenvalue weighted by Gasteiger charge is -2.27. The van der Waals surface area contributed by atoms with Crippen molar-refractivity contribution in [2.24, 2.45) is 0 Å². The molecule has 0 aromatic heterocycles. The van der Waals surface area contributed by atoms with E-state index >= 15 is 0 Å². The molecule has 0 heterocycles. The first-order valence-electron chi connectivity index (χ1n) is 19.7. The summed E-state index contributed by atoms with van der Waals surface area (Å²) in [5.41, 5.74) is 18.0. The minimum absolute atomic E-state index is 0.272. The van der Waals surface area contributed by atoms with Crippen molar-refractivity contribution in [3.8, 4) is 66.8 Å². The van der Waals surface area contributed by atoms with E-state index in [9.17, 15) is 0 Å². The summed E-state index contributed by atoms with van der Waals surface area (Å²) < 4.78 is 0. The molecule has 0 spiro atoms. The molecule has 8 aromatic carbocycles. The van der Waals surface area contributed by atoms with Gasteiger partial charge in [0, 0.05) is 10.5 Å². The van der Waals surface area contributed by atoms with Gasteiger partial charge < -0.3 is 0 Å². The van der Waals surface area contributed by atoms with Crippen molar-refractivity contribution in [2.45, 2.75) is 37.2 Å². The molecule has 0 unspecified atom stereocenters. The van der Waals surface area contributed by atoms with Crippen molar-refractivity contribution >= 4 is 21.6 Å². The molecule has 0 saturated carbocycles. The van der Waals surface area contributed by atoms with Gasteiger partial charge in [0.1, 0.15) is 0 Å². The molecule has 0 aliphatic heterocycles. The first kappa shape index (κ1) is 37.4. The van der Waals surface area contributed by atoms with E-state index in [2.05, 4.69) is 220 Å². The second kappa shape index (κ2) is 17.9. The molecule has 0 aliphatic carbocycles. The molecule has 0 fully saturated rings. The van der Waals surface area contributed by atoms with Gasteiger partial charge in [-0.15, -0.1) is 0 Å². The van der Waals surface area contributed by atoms with Gasteiger partial charge in [-0.1, -0.05) is 242 Å². The van der Waals surface area contributed by atoms with Gasteiger partial charge in [0.15, 0.2) is 0 Å². The molecule has 0 bridgehead atoms. The van der Waals surface area contributed by atoms with Crippen molar-refractivity contribution in [2.75, 3.05) is 0 Å². The summed E-state index contributed by atoms with van der Waals surface area (Å²) in [7, 11) is 4.08. The molecule has 0 radical (unpaired) electrons. The van der Waals surface area contributed by atoms with E-state index in [0.29, 0.717) is 0 Å². The number of rotatable bonds is 13. The Morgan fingerprint density at radius 3 is 0.804 bits per heavy atom. The van der Waals surface area contributed by atoms with Crippen LogP contribution < -0.4 is 0 Å². The smallest absolute Gasteiger partial charge is 0.0405 e. The largest absolute Gasteiger partial charge is 0.0853 e. The average molecular weight is 759 g/mol. The van der Waals surface area contributed by atoms with E-state index in [0.717, 1.165) is 12.8 Å². The van der Waals surface area contributed by atoms with Crippen molar-refractivity contribution in [3.05, 3.63) is 217 Å². The van der Waals surface area contributed by atoms with Crippen molar-refractivity contribution in [3.63, 3.8) is 0 Å². The Balaban J connectivity index is 1.25. The summed E-state index contributed by atoms with van der Waals surface area (Å²) in [4.78, 5) is 0. The molecule has 56 heavy (non-hydrogen) atoms. The maximum absolute atomic E-state index is 2.41. The average Bonchev–Trinajstić information content (AvgIpc) is 3.29. The second-order valence-corrected chi connectivity index (χ2v) is 16.8. The predicted molar refractivity (Wildman–Crippen MR) is 247 cm³/mol. The molecule has 0 N–H and O–H groups in total. The van der Waals surface area contributed by atoms with Crippen molar-refractivity contribution < 1.29 is 0 Å². The van der Waals surface area contributed by atoms with Gasteiger partial charge in [0.2, 0.25) is 0 Å². The van der Waals surface area contributed by atoms with Crippen molar-refractivity contribution in [1.82, 2.24) is 0 Å². The maximum Gasteiger partial charge on any atom is 0.0405 e. The first-order chi connectivity index (χ1) is 27.7. The highest BCUT2D eigenvalue weighted by atomic mass is 33.1.